The Labute approximate surface area is 196 Å². The Morgan fingerprint density at radius 3 is 2.55 bits per heavy atom. The number of para-hydroxylation sites is 1. The molecule has 0 aliphatic carbocycles. The molecule has 5 nitrogen and oxygen atoms in total. The minimum atomic E-state index is -0.778. The van der Waals surface area contributed by atoms with Crippen molar-refractivity contribution in [2.24, 2.45) is 0 Å². The number of benzene rings is 2. The summed E-state index contributed by atoms with van der Waals surface area (Å²) in [7, 11) is 0. The lowest BCUT2D eigenvalue weighted by molar-refractivity contribution is 0.0270. The second kappa shape index (κ2) is 10.1. The number of hydrogen-bond donors (Lipinski definition) is 1. The van der Waals surface area contributed by atoms with Crippen LogP contribution in [-0.2, 0) is 4.74 Å². The van der Waals surface area contributed by atoms with E-state index in [1.54, 1.807) is 29.2 Å². The van der Waals surface area contributed by atoms with E-state index in [0.717, 1.165) is 21.2 Å². The molecule has 0 spiro atoms. The van der Waals surface area contributed by atoms with Gasteiger partial charge in [-0.05, 0) is 72.5 Å². The van der Waals surface area contributed by atoms with Gasteiger partial charge < -0.3 is 19.5 Å². The fraction of sp³-hybridized carbons (Fsp3) is 0.375. The number of carbonyl (C=O) groups is 1. The van der Waals surface area contributed by atoms with Crippen LogP contribution in [-0.4, -0.2) is 41.4 Å². The molecule has 1 amide bonds. The van der Waals surface area contributed by atoms with Gasteiger partial charge in [0.25, 0.3) is 0 Å². The van der Waals surface area contributed by atoms with Crippen LogP contribution in [0.3, 0.4) is 0 Å². The predicted octanol–water partition coefficient (Wildman–Crippen LogP) is 6.24. The first-order valence-corrected chi connectivity index (χ1v) is 11.3. The molecule has 0 aromatic heterocycles. The number of ether oxygens (including phenoxy) is 2. The summed E-state index contributed by atoms with van der Waals surface area (Å²) < 4.78 is 12.3. The van der Waals surface area contributed by atoms with Crippen LogP contribution in [0.4, 0.5) is 4.79 Å². The monoisotopic (exact) mass is 507 g/mol. The second-order valence-corrected chi connectivity index (χ2v) is 9.69. The van der Waals surface area contributed by atoms with E-state index in [9.17, 15) is 9.90 Å². The number of carbonyl (C=O) groups excluding carboxylic acids is 1. The third kappa shape index (κ3) is 6.48. The highest BCUT2D eigenvalue weighted by atomic mass is 79.9. The van der Waals surface area contributed by atoms with Crippen molar-refractivity contribution in [1.29, 1.82) is 0 Å². The summed E-state index contributed by atoms with van der Waals surface area (Å²) in [6, 6.07) is 12.9. The highest BCUT2D eigenvalue weighted by Crippen LogP contribution is 2.37. The molecule has 0 saturated carbocycles. The number of nitrogens with zero attached hydrogens (tertiary/aromatic N) is 1. The maximum atomic E-state index is 12.3. The van der Waals surface area contributed by atoms with Crippen LogP contribution in [0, 0.1) is 0 Å². The van der Waals surface area contributed by atoms with Crippen LogP contribution in [0.25, 0.3) is 5.57 Å². The van der Waals surface area contributed by atoms with E-state index in [2.05, 4.69) is 15.9 Å². The molecule has 0 fully saturated rings. The minimum Gasteiger partial charge on any atom is -0.489 e. The van der Waals surface area contributed by atoms with E-state index in [-0.39, 0.29) is 12.7 Å². The van der Waals surface area contributed by atoms with Gasteiger partial charge in [-0.3, -0.25) is 0 Å². The number of aliphatic hydroxyl groups is 1. The van der Waals surface area contributed by atoms with Gasteiger partial charge in [0.15, 0.2) is 0 Å². The molecule has 1 heterocycles. The van der Waals surface area contributed by atoms with Gasteiger partial charge in [-0.25, -0.2) is 4.79 Å². The first-order chi connectivity index (χ1) is 14.6. The van der Waals surface area contributed by atoms with Crippen molar-refractivity contribution in [1.82, 2.24) is 4.90 Å². The molecule has 0 saturated heterocycles. The summed E-state index contributed by atoms with van der Waals surface area (Å²) in [5.74, 6) is 0.674. The highest BCUT2D eigenvalue weighted by Gasteiger charge is 2.25. The van der Waals surface area contributed by atoms with Crippen LogP contribution < -0.4 is 4.74 Å². The molecule has 1 N–H and O–H groups in total. The van der Waals surface area contributed by atoms with Crippen molar-refractivity contribution in [3.05, 3.63) is 69.2 Å². The van der Waals surface area contributed by atoms with E-state index in [1.807, 2.05) is 45.0 Å². The van der Waals surface area contributed by atoms with Crippen molar-refractivity contribution in [3.63, 3.8) is 0 Å². The summed E-state index contributed by atoms with van der Waals surface area (Å²) in [5, 5.41) is 11.1. The Morgan fingerprint density at radius 1 is 1.23 bits per heavy atom. The van der Waals surface area contributed by atoms with Crippen molar-refractivity contribution in [3.8, 4) is 5.75 Å². The van der Waals surface area contributed by atoms with Crippen molar-refractivity contribution in [2.75, 3.05) is 19.7 Å². The molecule has 3 rings (SSSR count). The Hall–Kier alpha value is -2.02. The Bertz CT molecular complexity index is 953. The first kappa shape index (κ1) is 23.6. The summed E-state index contributed by atoms with van der Waals surface area (Å²) in [6.07, 6.45) is 1.63. The Balaban J connectivity index is 1.71. The first-order valence-electron chi connectivity index (χ1n) is 10.2. The molecular formula is C24H27BrClNO4. The molecular weight excluding hydrogens is 482 g/mol. The van der Waals surface area contributed by atoms with Gasteiger partial charge in [0.2, 0.25) is 0 Å². The van der Waals surface area contributed by atoms with Crippen LogP contribution in [0.2, 0.25) is 5.02 Å². The lowest BCUT2D eigenvalue weighted by Gasteiger charge is -2.30. The summed E-state index contributed by atoms with van der Waals surface area (Å²) in [5.41, 5.74) is 2.26. The van der Waals surface area contributed by atoms with Crippen LogP contribution in [0.1, 0.15) is 44.4 Å². The van der Waals surface area contributed by atoms with Gasteiger partial charge in [0, 0.05) is 23.7 Å². The average molecular weight is 509 g/mol. The topological polar surface area (TPSA) is 59.0 Å². The number of amides is 1. The highest BCUT2D eigenvalue weighted by molar-refractivity contribution is 9.10. The third-order valence-corrected chi connectivity index (χ3v) is 5.69. The molecule has 1 aliphatic rings. The number of halogens is 2. The molecule has 0 unspecified atom stereocenters. The van der Waals surface area contributed by atoms with E-state index in [0.29, 0.717) is 30.3 Å². The number of hydrogen-bond acceptors (Lipinski definition) is 4. The molecule has 2 aromatic carbocycles. The van der Waals surface area contributed by atoms with E-state index in [1.165, 1.54) is 0 Å². The molecule has 1 atom stereocenters. The van der Waals surface area contributed by atoms with Crippen molar-refractivity contribution < 1.29 is 19.4 Å². The fourth-order valence-corrected chi connectivity index (χ4v) is 3.86. The van der Waals surface area contributed by atoms with Gasteiger partial charge >= 0.3 is 6.09 Å². The molecule has 31 heavy (non-hydrogen) atoms. The zero-order valence-corrected chi connectivity index (χ0v) is 20.2. The molecule has 7 heteroatoms. The second-order valence-electron chi connectivity index (χ2n) is 8.40. The fourth-order valence-electron chi connectivity index (χ4n) is 3.26. The molecule has 0 radical (unpaired) electrons. The van der Waals surface area contributed by atoms with Crippen molar-refractivity contribution >= 4 is 39.2 Å². The zero-order chi connectivity index (χ0) is 22.6. The quantitative estimate of drug-likeness (QED) is 0.519. The number of aliphatic hydroxyl groups excluding tert-OH is 1. The van der Waals surface area contributed by atoms with Crippen LogP contribution >= 0.6 is 27.5 Å². The van der Waals surface area contributed by atoms with Crippen LogP contribution in [0.5, 0.6) is 5.75 Å². The summed E-state index contributed by atoms with van der Waals surface area (Å²) in [6.45, 7) is 6.73. The molecule has 2 aromatic rings. The SMILES string of the molecule is CC(C)(C)OC(=O)N1CC=C(c2cccc(Br)c2OC[C@H](O)c2ccc(Cl)cc2)CC1. The summed E-state index contributed by atoms with van der Waals surface area (Å²) >= 11 is 9.48. The van der Waals surface area contributed by atoms with E-state index in [4.69, 9.17) is 21.1 Å². The van der Waals surface area contributed by atoms with Gasteiger partial charge in [0.05, 0.1) is 4.47 Å². The number of rotatable bonds is 5. The standard InChI is InChI=1S/C24H27BrClNO4/c1-24(2,3)31-23(29)27-13-11-16(12-14-27)19-5-4-6-20(25)22(19)30-15-21(28)17-7-9-18(26)10-8-17/h4-11,21,28H,12-15H2,1-3H3/t21-/m0/s1. The molecule has 0 bridgehead atoms. The van der Waals surface area contributed by atoms with Crippen molar-refractivity contribution in [2.45, 2.75) is 38.9 Å². The lowest BCUT2D eigenvalue weighted by Crippen LogP contribution is -2.39. The van der Waals surface area contributed by atoms with Gasteiger partial charge in [-0.15, -0.1) is 0 Å². The normalized spacial score (nSPS) is 15.3. The Kier molecular flexibility index (Phi) is 7.68. The summed E-state index contributed by atoms with van der Waals surface area (Å²) in [4.78, 5) is 14.0. The van der Waals surface area contributed by atoms with Gasteiger partial charge in [-0.2, -0.15) is 0 Å². The molecule has 1 aliphatic heterocycles. The third-order valence-electron chi connectivity index (χ3n) is 4.81. The predicted molar refractivity (Wildman–Crippen MR) is 126 cm³/mol. The zero-order valence-electron chi connectivity index (χ0n) is 17.9. The minimum absolute atomic E-state index is 0.106. The van der Waals surface area contributed by atoms with Gasteiger partial charge in [-0.1, -0.05) is 41.9 Å². The Morgan fingerprint density at radius 2 is 1.94 bits per heavy atom. The van der Waals surface area contributed by atoms with E-state index < -0.39 is 11.7 Å². The smallest absolute Gasteiger partial charge is 0.410 e. The maximum absolute atomic E-state index is 12.3. The van der Waals surface area contributed by atoms with Gasteiger partial charge in [0.1, 0.15) is 24.1 Å². The van der Waals surface area contributed by atoms with E-state index >= 15 is 0 Å². The largest absolute Gasteiger partial charge is 0.489 e. The average Bonchev–Trinajstić information content (AvgIpc) is 2.72. The van der Waals surface area contributed by atoms with Crippen LogP contribution in [0.15, 0.2) is 53.0 Å². The molecule has 166 valence electrons. The lowest BCUT2D eigenvalue weighted by atomic mass is 9.98. The maximum Gasteiger partial charge on any atom is 0.410 e.